The van der Waals surface area contributed by atoms with E-state index in [1.807, 2.05) is 0 Å². The van der Waals surface area contributed by atoms with Gasteiger partial charge in [0, 0.05) is 30.0 Å². The number of halogens is 3. The molecule has 19 heavy (non-hydrogen) atoms. The zero-order valence-electron chi connectivity index (χ0n) is 11.0. The minimum absolute atomic E-state index is 0.228. The summed E-state index contributed by atoms with van der Waals surface area (Å²) in [6.45, 7) is 1.52. The Morgan fingerprint density at radius 2 is 1.95 bits per heavy atom. The molecule has 1 nitrogen and oxygen atoms in total. The molecule has 106 valence electrons. The van der Waals surface area contributed by atoms with Crippen LogP contribution in [0, 0.1) is 5.82 Å². The van der Waals surface area contributed by atoms with Gasteiger partial charge in [-0.15, -0.1) is 11.6 Å². The van der Waals surface area contributed by atoms with E-state index in [0.717, 1.165) is 12.1 Å². The van der Waals surface area contributed by atoms with Crippen molar-refractivity contribution in [2.45, 2.75) is 44.7 Å². The number of alkyl halides is 1. The van der Waals surface area contributed by atoms with Crippen LogP contribution in [-0.4, -0.2) is 23.4 Å². The number of hydrogen-bond acceptors (Lipinski definition) is 1. The minimum Gasteiger partial charge on any atom is -0.295 e. The first-order valence-electron chi connectivity index (χ1n) is 6.94. The van der Waals surface area contributed by atoms with Gasteiger partial charge in [0.05, 0.1) is 0 Å². The molecule has 0 unspecified atom stereocenters. The van der Waals surface area contributed by atoms with Crippen LogP contribution in [0.25, 0.3) is 0 Å². The highest BCUT2D eigenvalue weighted by Crippen LogP contribution is 2.26. The molecule has 4 heteroatoms. The second kappa shape index (κ2) is 7.47. The first-order chi connectivity index (χ1) is 9.20. The molecule has 0 amide bonds. The SMILES string of the molecule is Fc1ccc(Cl)c(CN(CCCl)C2CCCCC2)c1. The number of nitrogens with zero attached hydrogens (tertiary/aromatic N) is 1. The van der Waals surface area contributed by atoms with Gasteiger partial charge in [0.25, 0.3) is 0 Å². The molecule has 1 aromatic carbocycles. The highest BCUT2D eigenvalue weighted by molar-refractivity contribution is 6.31. The number of rotatable bonds is 5. The summed E-state index contributed by atoms with van der Waals surface area (Å²) in [5.74, 6) is 0.373. The highest BCUT2D eigenvalue weighted by Gasteiger charge is 2.21. The molecule has 0 aromatic heterocycles. The Kier molecular flexibility index (Phi) is 5.93. The summed E-state index contributed by atoms with van der Waals surface area (Å²) in [4.78, 5) is 2.35. The maximum absolute atomic E-state index is 13.3. The van der Waals surface area contributed by atoms with Crippen molar-refractivity contribution < 1.29 is 4.39 Å². The number of hydrogen-bond donors (Lipinski definition) is 0. The van der Waals surface area contributed by atoms with E-state index in [2.05, 4.69) is 4.90 Å². The molecule has 2 rings (SSSR count). The summed E-state index contributed by atoms with van der Waals surface area (Å²) >= 11 is 12.1. The van der Waals surface area contributed by atoms with E-state index >= 15 is 0 Å². The van der Waals surface area contributed by atoms with Gasteiger partial charge in [0.15, 0.2) is 0 Å². The van der Waals surface area contributed by atoms with Crippen LogP contribution in [-0.2, 0) is 6.54 Å². The zero-order chi connectivity index (χ0) is 13.7. The quantitative estimate of drug-likeness (QED) is 0.703. The van der Waals surface area contributed by atoms with Crippen molar-refractivity contribution in [2.75, 3.05) is 12.4 Å². The average molecular weight is 304 g/mol. The molecule has 0 heterocycles. The number of benzene rings is 1. The van der Waals surface area contributed by atoms with Crippen molar-refractivity contribution in [2.24, 2.45) is 0 Å². The molecule has 0 bridgehead atoms. The Hall–Kier alpha value is -0.310. The van der Waals surface area contributed by atoms with Crippen LogP contribution in [0.3, 0.4) is 0 Å². The third kappa shape index (κ3) is 4.34. The average Bonchev–Trinajstić information content (AvgIpc) is 2.43. The van der Waals surface area contributed by atoms with Crippen LogP contribution in [0.15, 0.2) is 18.2 Å². The Morgan fingerprint density at radius 3 is 2.63 bits per heavy atom. The maximum Gasteiger partial charge on any atom is 0.123 e. The molecule has 1 fully saturated rings. The van der Waals surface area contributed by atoms with Gasteiger partial charge in [0.1, 0.15) is 5.82 Å². The van der Waals surface area contributed by atoms with Crippen molar-refractivity contribution >= 4 is 23.2 Å². The second-order valence-corrected chi connectivity index (χ2v) is 5.97. The minimum atomic E-state index is -0.228. The van der Waals surface area contributed by atoms with Crippen molar-refractivity contribution in [1.29, 1.82) is 0 Å². The molecule has 0 saturated heterocycles. The third-order valence-electron chi connectivity index (χ3n) is 3.84. The van der Waals surface area contributed by atoms with E-state index in [-0.39, 0.29) is 5.82 Å². The fraction of sp³-hybridized carbons (Fsp3) is 0.600. The van der Waals surface area contributed by atoms with Crippen molar-refractivity contribution in [3.05, 3.63) is 34.6 Å². The summed E-state index contributed by atoms with van der Waals surface area (Å²) in [6.07, 6.45) is 6.31. The lowest BCUT2D eigenvalue weighted by molar-refractivity contribution is 0.157. The van der Waals surface area contributed by atoms with Gasteiger partial charge < -0.3 is 0 Å². The fourth-order valence-electron chi connectivity index (χ4n) is 2.83. The second-order valence-electron chi connectivity index (χ2n) is 5.19. The first-order valence-corrected chi connectivity index (χ1v) is 7.86. The largest absolute Gasteiger partial charge is 0.295 e. The standard InChI is InChI=1S/C15H20Cl2FN/c16-8-9-19(14-4-2-1-3-5-14)11-12-10-13(18)6-7-15(12)17/h6-7,10,14H,1-5,8-9,11H2. The van der Waals surface area contributed by atoms with Crippen LogP contribution in [0.5, 0.6) is 0 Å². The predicted molar refractivity (Wildman–Crippen MR) is 79.4 cm³/mol. The monoisotopic (exact) mass is 303 g/mol. The summed E-state index contributed by atoms with van der Waals surface area (Å²) in [5, 5.41) is 0.636. The van der Waals surface area contributed by atoms with Crippen LogP contribution in [0.4, 0.5) is 4.39 Å². The molecule has 0 aliphatic heterocycles. The Balaban J connectivity index is 2.08. The van der Waals surface area contributed by atoms with Gasteiger partial charge in [-0.3, -0.25) is 4.90 Å². The van der Waals surface area contributed by atoms with Gasteiger partial charge in [-0.05, 0) is 36.6 Å². The van der Waals surface area contributed by atoms with Gasteiger partial charge in [0.2, 0.25) is 0 Å². The van der Waals surface area contributed by atoms with Gasteiger partial charge >= 0.3 is 0 Å². The van der Waals surface area contributed by atoms with E-state index in [0.29, 0.717) is 23.5 Å². The molecular formula is C15H20Cl2FN. The smallest absolute Gasteiger partial charge is 0.123 e. The molecular weight excluding hydrogens is 284 g/mol. The zero-order valence-corrected chi connectivity index (χ0v) is 12.6. The maximum atomic E-state index is 13.3. The van der Waals surface area contributed by atoms with Crippen LogP contribution < -0.4 is 0 Å². The molecule has 1 aliphatic rings. The Morgan fingerprint density at radius 1 is 1.21 bits per heavy atom. The summed E-state index contributed by atoms with van der Waals surface area (Å²) in [7, 11) is 0. The third-order valence-corrected chi connectivity index (χ3v) is 4.38. The summed E-state index contributed by atoms with van der Waals surface area (Å²) in [5.41, 5.74) is 0.859. The van der Waals surface area contributed by atoms with Crippen LogP contribution in [0.2, 0.25) is 5.02 Å². The van der Waals surface area contributed by atoms with E-state index in [1.165, 1.54) is 44.2 Å². The van der Waals surface area contributed by atoms with E-state index in [9.17, 15) is 4.39 Å². The van der Waals surface area contributed by atoms with E-state index in [4.69, 9.17) is 23.2 Å². The van der Waals surface area contributed by atoms with Gasteiger partial charge in [-0.1, -0.05) is 30.9 Å². The molecule has 1 aliphatic carbocycles. The molecule has 1 saturated carbocycles. The lowest BCUT2D eigenvalue weighted by Gasteiger charge is -2.34. The molecule has 0 radical (unpaired) electrons. The van der Waals surface area contributed by atoms with E-state index in [1.54, 1.807) is 6.07 Å². The Bertz CT molecular complexity index is 405. The lowest BCUT2D eigenvalue weighted by Crippen LogP contribution is -2.37. The topological polar surface area (TPSA) is 3.24 Å². The summed E-state index contributed by atoms with van der Waals surface area (Å²) < 4.78 is 13.3. The van der Waals surface area contributed by atoms with Crippen molar-refractivity contribution in [3.63, 3.8) is 0 Å². The highest BCUT2D eigenvalue weighted by atomic mass is 35.5. The molecule has 0 atom stereocenters. The summed E-state index contributed by atoms with van der Waals surface area (Å²) in [6, 6.07) is 5.13. The fourth-order valence-corrected chi connectivity index (χ4v) is 3.22. The van der Waals surface area contributed by atoms with Gasteiger partial charge in [-0.25, -0.2) is 4.39 Å². The van der Waals surface area contributed by atoms with Crippen LogP contribution >= 0.6 is 23.2 Å². The van der Waals surface area contributed by atoms with Crippen molar-refractivity contribution in [1.82, 2.24) is 4.90 Å². The molecule has 0 spiro atoms. The van der Waals surface area contributed by atoms with Crippen LogP contribution in [0.1, 0.15) is 37.7 Å². The normalized spacial score (nSPS) is 17.1. The lowest BCUT2D eigenvalue weighted by atomic mass is 9.94. The Labute approximate surface area is 124 Å². The molecule has 0 N–H and O–H groups in total. The van der Waals surface area contributed by atoms with Gasteiger partial charge in [-0.2, -0.15) is 0 Å². The predicted octanol–water partition coefficient (Wildman–Crippen LogP) is 4.85. The van der Waals surface area contributed by atoms with Crippen molar-refractivity contribution in [3.8, 4) is 0 Å². The first kappa shape index (κ1) is 15.1. The van der Waals surface area contributed by atoms with E-state index < -0.39 is 0 Å². The molecule has 1 aromatic rings.